The maximum Gasteiger partial charge on any atom is 0.339 e. The van der Waals surface area contributed by atoms with Gasteiger partial charge in [-0.25, -0.2) is 4.79 Å². The van der Waals surface area contributed by atoms with Crippen molar-refractivity contribution in [2.45, 2.75) is 6.42 Å². The van der Waals surface area contributed by atoms with Gasteiger partial charge in [-0.15, -0.1) is 0 Å². The summed E-state index contributed by atoms with van der Waals surface area (Å²) in [5.41, 5.74) is 2.94. The fraction of sp³-hybridized carbons (Fsp3) is 0.143. The van der Waals surface area contributed by atoms with Gasteiger partial charge in [0.15, 0.2) is 0 Å². The second kappa shape index (κ2) is 6.64. The van der Waals surface area contributed by atoms with Crippen molar-refractivity contribution in [2.75, 3.05) is 13.7 Å². The van der Waals surface area contributed by atoms with E-state index in [9.17, 15) is 14.7 Å². The molecule has 1 aliphatic heterocycles. The second-order valence-electron chi connectivity index (χ2n) is 6.35. The molecular weight excluding hydrogens is 344 g/mol. The molecule has 136 valence electrons. The molecule has 0 bridgehead atoms. The van der Waals surface area contributed by atoms with E-state index in [4.69, 9.17) is 4.74 Å². The van der Waals surface area contributed by atoms with Gasteiger partial charge in [0.1, 0.15) is 5.75 Å². The number of hydrogen-bond acceptors (Lipinski definition) is 3. The van der Waals surface area contributed by atoms with Crippen LogP contribution in [0.3, 0.4) is 0 Å². The molecule has 2 aromatic carbocycles. The van der Waals surface area contributed by atoms with Gasteiger partial charge in [0.25, 0.3) is 5.91 Å². The van der Waals surface area contributed by atoms with Gasteiger partial charge < -0.3 is 19.7 Å². The number of methoxy groups -OCH3 is 1. The monoisotopic (exact) mass is 362 g/mol. The minimum Gasteiger partial charge on any atom is -0.497 e. The summed E-state index contributed by atoms with van der Waals surface area (Å²) in [6.45, 7) is 0.399. The molecule has 27 heavy (non-hydrogen) atoms. The predicted molar refractivity (Wildman–Crippen MR) is 102 cm³/mol. The summed E-state index contributed by atoms with van der Waals surface area (Å²) < 4.78 is 5.12. The van der Waals surface area contributed by atoms with Crippen LogP contribution in [0.2, 0.25) is 0 Å². The van der Waals surface area contributed by atoms with Crippen molar-refractivity contribution < 1.29 is 19.4 Å². The first-order valence-electron chi connectivity index (χ1n) is 8.58. The number of carboxylic acids is 1. The third-order valence-electron chi connectivity index (χ3n) is 4.80. The number of H-pyrrole nitrogens is 1. The molecule has 0 fully saturated rings. The van der Waals surface area contributed by atoms with E-state index in [-0.39, 0.29) is 11.5 Å². The smallest absolute Gasteiger partial charge is 0.339 e. The van der Waals surface area contributed by atoms with Crippen LogP contribution < -0.4 is 4.74 Å². The normalized spacial score (nSPS) is 13.7. The van der Waals surface area contributed by atoms with E-state index in [2.05, 4.69) is 4.98 Å². The number of nitrogens with zero attached hydrogens (tertiary/aromatic N) is 1. The maximum absolute atomic E-state index is 12.9. The Hall–Kier alpha value is -3.54. The lowest BCUT2D eigenvalue weighted by Crippen LogP contribution is -2.27. The molecule has 2 N–H and O–H groups in total. The largest absolute Gasteiger partial charge is 0.497 e. The fourth-order valence-corrected chi connectivity index (χ4v) is 3.43. The summed E-state index contributed by atoms with van der Waals surface area (Å²) in [6.07, 6.45) is 1.99. The Morgan fingerprint density at radius 3 is 2.56 bits per heavy atom. The van der Waals surface area contributed by atoms with Crippen LogP contribution in [0.25, 0.3) is 16.5 Å². The van der Waals surface area contributed by atoms with Crippen molar-refractivity contribution >= 4 is 28.4 Å². The molecular formula is C21H18N2O4. The molecule has 1 aromatic heterocycles. The quantitative estimate of drug-likeness (QED) is 0.749. The first-order chi connectivity index (χ1) is 13.1. The van der Waals surface area contributed by atoms with Crippen LogP contribution in [0.5, 0.6) is 5.75 Å². The number of hydrogen-bond donors (Lipinski definition) is 2. The number of carbonyl (C=O) groups is 2. The molecule has 6 nitrogen and oxygen atoms in total. The van der Waals surface area contributed by atoms with Gasteiger partial charge >= 0.3 is 5.97 Å². The van der Waals surface area contributed by atoms with Crippen molar-refractivity contribution in [1.29, 1.82) is 0 Å². The summed E-state index contributed by atoms with van der Waals surface area (Å²) in [4.78, 5) is 29.5. The number of rotatable bonds is 3. The van der Waals surface area contributed by atoms with Gasteiger partial charge in [-0.2, -0.15) is 0 Å². The molecule has 0 saturated carbocycles. The number of ether oxygens (including phenoxy) is 1. The van der Waals surface area contributed by atoms with Crippen molar-refractivity contribution in [3.05, 3.63) is 71.6 Å². The Kier molecular flexibility index (Phi) is 4.16. The first-order valence-corrected chi connectivity index (χ1v) is 8.58. The number of carboxylic acid groups (broad SMARTS) is 1. The number of aliphatic carboxylic acids is 1. The van der Waals surface area contributed by atoms with Crippen LogP contribution in [0, 0.1) is 0 Å². The molecule has 0 radical (unpaired) electrons. The maximum atomic E-state index is 12.9. The van der Waals surface area contributed by atoms with Gasteiger partial charge in [0.05, 0.1) is 18.4 Å². The zero-order valence-corrected chi connectivity index (χ0v) is 14.7. The van der Waals surface area contributed by atoms with Crippen LogP contribution in [0.1, 0.15) is 21.6 Å². The number of fused-ring (bicyclic) bond motifs is 3. The number of nitrogens with one attached hydrogen (secondary N) is 1. The Morgan fingerprint density at radius 2 is 1.85 bits per heavy atom. The molecule has 0 aliphatic carbocycles. The third kappa shape index (κ3) is 2.95. The van der Waals surface area contributed by atoms with E-state index >= 15 is 0 Å². The average Bonchev–Trinajstić information content (AvgIpc) is 2.94. The van der Waals surface area contributed by atoms with Crippen LogP contribution >= 0.6 is 0 Å². The summed E-state index contributed by atoms with van der Waals surface area (Å²) in [5, 5.41) is 10.7. The van der Waals surface area contributed by atoms with E-state index in [1.54, 1.807) is 31.4 Å². The lowest BCUT2D eigenvalue weighted by molar-refractivity contribution is -0.130. The first kappa shape index (κ1) is 16.9. The molecule has 0 atom stereocenters. The van der Waals surface area contributed by atoms with E-state index in [1.165, 1.54) is 11.1 Å². The minimum absolute atomic E-state index is 0.0839. The molecule has 1 aliphatic rings. The van der Waals surface area contributed by atoms with E-state index in [1.807, 2.05) is 24.3 Å². The highest BCUT2D eigenvalue weighted by Crippen LogP contribution is 2.31. The van der Waals surface area contributed by atoms with Crippen LogP contribution in [-0.4, -0.2) is 40.5 Å². The molecule has 4 rings (SSSR count). The van der Waals surface area contributed by atoms with E-state index in [0.29, 0.717) is 30.0 Å². The minimum atomic E-state index is -1.07. The zero-order valence-electron chi connectivity index (χ0n) is 14.7. The average molecular weight is 362 g/mol. The lowest BCUT2D eigenvalue weighted by atomic mass is 10.0. The lowest BCUT2D eigenvalue weighted by Gasteiger charge is -2.17. The molecule has 6 heteroatoms. The molecule has 1 amide bonds. The Bertz CT molecular complexity index is 1060. The molecule has 0 saturated heterocycles. The zero-order chi connectivity index (χ0) is 19.0. The van der Waals surface area contributed by atoms with Crippen LogP contribution in [0.15, 0.2) is 54.7 Å². The van der Waals surface area contributed by atoms with Crippen molar-refractivity contribution in [2.24, 2.45) is 0 Å². The SMILES string of the molecule is COc1ccc(C(=O)N2C=C(C(=O)O)c3[nH]c4ccccc4c3CC2)cc1. The summed E-state index contributed by atoms with van der Waals surface area (Å²) in [7, 11) is 1.56. The van der Waals surface area contributed by atoms with Gasteiger partial charge in [-0.05, 0) is 42.3 Å². The standard InChI is InChI=1S/C21H18N2O4/c1-27-14-8-6-13(7-9-14)20(24)23-11-10-16-15-4-2-3-5-18(15)22-19(16)17(12-23)21(25)26/h2-9,12,22H,10-11H2,1H3,(H,25,26). The Balaban J connectivity index is 1.75. The number of aromatic amines is 1. The third-order valence-corrected chi connectivity index (χ3v) is 4.80. The van der Waals surface area contributed by atoms with E-state index < -0.39 is 5.97 Å². The summed E-state index contributed by atoms with van der Waals surface area (Å²) >= 11 is 0. The van der Waals surface area contributed by atoms with Crippen molar-refractivity contribution in [3.63, 3.8) is 0 Å². The number of benzene rings is 2. The summed E-state index contributed by atoms with van der Waals surface area (Å²) in [6, 6.07) is 14.5. The Labute approximate surface area is 155 Å². The number of carbonyl (C=O) groups excluding carboxylic acids is 1. The number of amides is 1. The predicted octanol–water partition coefficient (Wildman–Crippen LogP) is 3.30. The van der Waals surface area contributed by atoms with Gasteiger partial charge in [-0.3, -0.25) is 4.79 Å². The van der Waals surface area contributed by atoms with Crippen molar-refractivity contribution in [3.8, 4) is 5.75 Å². The number of para-hydroxylation sites is 1. The fourth-order valence-electron chi connectivity index (χ4n) is 3.43. The second-order valence-corrected chi connectivity index (χ2v) is 6.35. The van der Waals surface area contributed by atoms with Gasteiger partial charge in [-0.1, -0.05) is 18.2 Å². The van der Waals surface area contributed by atoms with Gasteiger partial charge in [0.2, 0.25) is 0 Å². The highest BCUT2D eigenvalue weighted by molar-refractivity contribution is 6.17. The molecule has 3 aromatic rings. The van der Waals surface area contributed by atoms with Crippen LogP contribution in [0.4, 0.5) is 0 Å². The summed E-state index contributed by atoms with van der Waals surface area (Å²) in [5.74, 6) is -0.659. The molecule has 0 unspecified atom stereocenters. The van der Waals surface area contributed by atoms with Gasteiger partial charge in [0, 0.05) is 29.2 Å². The Morgan fingerprint density at radius 1 is 1.11 bits per heavy atom. The van der Waals surface area contributed by atoms with E-state index in [0.717, 1.165) is 16.5 Å². The highest BCUT2D eigenvalue weighted by atomic mass is 16.5. The molecule has 2 heterocycles. The van der Waals surface area contributed by atoms with Crippen LogP contribution in [-0.2, 0) is 11.2 Å². The topological polar surface area (TPSA) is 82.6 Å². The molecule has 0 spiro atoms. The number of aromatic nitrogens is 1. The van der Waals surface area contributed by atoms with Crippen molar-refractivity contribution in [1.82, 2.24) is 9.88 Å². The highest BCUT2D eigenvalue weighted by Gasteiger charge is 2.26.